The minimum absolute atomic E-state index is 0.715. The van der Waals surface area contributed by atoms with E-state index in [9.17, 15) is 5.11 Å². The van der Waals surface area contributed by atoms with Crippen molar-refractivity contribution in [1.29, 1.82) is 0 Å². The molecule has 2 aromatic rings. The van der Waals surface area contributed by atoms with Gasteiger partial charge in [0.15, 0.2) is 0 Å². The molecule has 0 aliphatic carbocycles. The van der Waals surface area contributed by atoms with Gasteiger partial charge < -0.3 is 0 Å². The van der Waals surface area contributed by atoms with Crippen molar-refractivity contribution in [2.75, 3.05) is 0 Å². The second kappa shape index (κ2) is 7.16. The zero-order valence-electron chi connectivity index (χ0n) is 10.4. The predicted octanol–water partition coefficient (Wildman–Crippen LogP) is 1.62. The van der Waals surface area contributed by atoms with Gasteiger partial charge in [0.1, 0.15) is 0 Å². The normalized spacial score (nSPS) is 12.1. The molecule has 0 saturated carbocycles. The molecule has 0 aliphatic heterocycles. The van der Waals surface area contributed by atoms with Gasteiger partial charge >= 0.3 is 120 Å². The van der Waals surface area contributed by atoms with Crippen LogP contribution in [0.4, 0.5) is 0 Å². The van der Waals surface area contributed by atoms with Crippen molar-refractivity contribution in [2.45, 2.75) is 11.3 Å². The molecule has 0 aromatic heterocycles. The standard InChI is InChI=1S/C16H15AsO2/c18-16(10-9-13-5-2-1-3-6-13)15-8-4-7-14(11-15)12-17-19/h1-8,11,16-19H,12H2. The van der Waals surface area contributed by atoms with E-state index in [1.54, 1.807) is 0 Å². The fourth-order valence-electron chi connectivity index (χ4n) is 1.72. The van der Waals surface area contributed by atoms with E-state index in [1.165, 1.54) is 0 Å². The first-order valence-electron chi connectivity index (χ1n) is 6.00. The SMILES string of the molecule is O[AsH]Cc1cccc(C(O)C#Cc2ccccc2)c1. The number of hydrogen-bond acceptors (Lipinski definition) is 2. The Morgan fingerprint density at radius 2 is 1.84 bits per heavy atom. The fraction of sp³-hybridized carbons (Fsp3) is 0.125. The van der Waals surface area contributed by atoms with Gasteiger partial charge in [-0.05, 0) is 0 Å². The van der Waals surface area contributed by atoms with Crippen LogP contribution in [0, 0.1) is 11.8 Å². The summed E-state index contributed by atoms with van der Waals surface area (Å²) in [5.74, 6) is 5.79. The zero-order valence-corrected chi connectivity index (χ0v) is 12.5. The summed E-state index contributed by atoms with van der Waals surface area (Å²) in [5.41, 5.74) is 2.72. The van der Waals surface area contributed by atoms with Crippen molar-refractivity contribution in [2.24, 2.45) is 0 Å². The summed E-state index contributed by atoms with van der Waals surface area (Å²) < 4.78 is 9.04. The van der Waals surface area contributed by atoms with Crippen LogP contribution in [-0.4, -0.2) is 25.3 Å². The van der Waals surface area contributed by atoms with E-state index >= 15 is 0 Å². The quantitative estimate of drug-likeness (QED) is 0.668. The first-order valence-corrected chi connectivity index (χ1v) is 8.42. The molecule has 2 N–H and O–H groups in total. The Morgan fingerprint density at radius 1 is 1.05 bits per heavy atom. The van der Waals surface area contributed by atoms with Gasteiger partial charge in [0.05, 0.1) is 0 Å². The Morgan fingerprint density at radius 3 is 2.58 bits per heavy atom. The van der Waals surface area contributed by atoms with Crippen LogP contribution in [0.2, 0.25) is 0 Å². The van der Waals surface area contributed by atoms with Crippen LogP contribution in [0.1, 0.15) is 22.8 Å². The van der Waals surface area contributed by atoms with Gasteiger partial charge in [-0.3, -0.25) is 0 Å². The second-order valence-corrected chi connectivity index (χ2v) is 5.52. The molecule has 0 heterocycles. The monoisotopic (exact) mass is 314 g/mol. The molecule has 3 heteroatoms. The third-order valence-electron chi connectivity index (χ3n) is 2.68. The molecule has 2 unspecified atom stereocenters. The van der Waals surface area contributed by atoms with E-state index < -0.39 is 22.2 Å². The van der Waals surface area contributed by atoms with Gasteiger partial charge in [-0.1, -0.05) is 0 Å². The van der Waals surface area contributed by atoms with Crippen LogP contribution in [0.15, 0.2) is 54.6 Å². The van der Waals surface area contributed by atoms with E-state index in [-0.39, 0.29) is 0 Å². The Labute approximate surface area is 120 Å². The first kappa shape index (κ1) is 13.9. The molecular weight excluding hydrogens is 299 g/mol. The molecule has 0 bridgehead atoms. The van der Waals surface area contributed by atoms with Crippen molar-refractivity contribution >= 4 is 16.1 Å². The number of aliphatic hydroxyl groups excluding tert-OH is 1. The fourth-order valence-corrected chi connectivity index (χ4v) is 2.57. The molecule has 0 amide bonds. The van der Waals surface area contributed by atoms with Crippen LogP contribution in [0.5, 0.6) is 0 Å². The molecule has 2 aromatic carbocycles. The topological polar surface area (TPSA) is 40.5 Å². The molecule has 19 heavy (non-hydrogen) atoms. The van der Waals surface area contributed by atoms with E-state index in [0.29, 0.717) is 5.21 Å². The van der Waals surface area contributed by atoms with Crippen molar-refractivity contribution in [3.8, 4) is 11.8 Å². The average Bonchev–Trinajstić information content (AvgIpc) is 2.46. The summed E-state index contributed by atoms with van der Waals surface area (Å²) >= 11 is -0.886. The molecule has 2 atom stereocenters. The number of aliphatic hydroxyl groups is 1. The van der Waals surface area contributed by atoms with Gasteiger partial charge in [0.2, 0.25) is 0 Å². The van der Waals surface area contributed by atoms with E-state index in [2.05, 4.69) is 11.8 Å². The summed E-state index contributed by atoms with van der Waals surface area (Å²) in [4.78, 5) is 0. The number of benzene rings is 2. The van der Waals surface area contributed by atoms with Crippen LogP contribution >= 0.6 is 0 Å². The Kier molecular flexibility index (Phi) is 5.24. The van der Waals surface area contributed by atoms with Crippen molar-refractivity contribution in [3.63, 3.8) is 0 Å². The summed E-state index contributed by atoms with van der Waals surface area (Å²) in [5, 5.41) is 10.8. The minimum atomic E-state index is -0.886. The molecule has 0 radical (unpaired) electrons. The van der Waals surface area contributed by atoms with Crippen LogP contribution < -0.4 is 0 Å². The molecule has 0 aliphatic rings. The van der Waals surface area contributed by atoms with Crippen molar-refractivity contribution < 1.29 is 9.20 Å². The van der Waals surface area contributed by atoms with Crippen LogP contribution in [0.3, 0.4) is 0 Å². The molecule has 0 fully saturated rings. The maximum atomic E-state index is 10.0. The van der Waals surface area contributed by atoms with E-state index in [1.807, 2.05) is 54.6 Å². The summed E-state index contributed by atoms with van der Waals surface area (Å²) in [6, 6.07) is 17.2. The first-order chi connectivity index (χ1) is 9.29. The summed E-state index contributed by atoms with van der Waals surface area (Å²) in [7, 11) is 0. The third-order valence-corrected chi connectivity index (χ3v) is 3.87. The summed E-state index contributed by atoms with van der Waals surface area (Å²) in [6.45, 7) is 0. The second-order valence-electron chi connectivity index (χ2n) is 4.12. The molecule has 0 saturated heterocycles. The zero-order chi connectivity index (χ0) is 13.5. The Bertz CT molecular complexity index is 584. The van der Waals surface area contributed by atoms with Crippen LogP contribution in [0.25, 0.3) is 0 Å². The molecule has 2 nitrogen and oxygen atoms in total. The van der Waals surface area contributed by atoms with Gasteiger partial charge in [-0.2, -0.15) is 0 Å². The third kappa shape index (κ3) is 4.26. The van der Waals surface area contributed by atoms with E-state index in [4.69, 9.17) is 4.10 Å². The van der Waals surface area contributed by atoms with Gasteiger partial charge in [0, 0.05) is 0 Å². The molecule has 0 spiro atoms. The van der Waals surface area contributed by atoms with Crippen LogP contribution in [-0.2, 0) is 5.21 Å². The maximum absolute atomic E-state index is 10.0. The Balaban J connectivity index is 2.14. The van der Waals surface area contributed by atoms with E-state index in [0.717, 1.165) is 16.7 Å². The molecule has 2 rings (SSSR count). The predicted molar refractivity (Wildman–Crippen MR) is 77.8 cm³/mol. The average molecular weight is 314 g/mol. The van der Waals surface area contributed by atoms with Gasteiger partial charge in [-0.15, -0.1) is 0 Å². The van der Waals surface area contributed by atoms with Gasteiger partial charge in [0.25, 0.3) is 0 Å². The van der Waals surface area contributed by atoms with Crippen molar-refractivity contribution in [1.82, 2.24) is 0 Å². The van der Waals surface area contributed by atoms with Crippen molar-refractivity contribution in [3.05, 3.63) is 71.3 Å². The molecule has 96 valence electrons. The van der Waals surface area contributed by atoms with Gasteiger partial charge in [-0.25, -0.2) is 0 Å². The number of hydrogen-bond donors (Lipinski definition) is 2. The molecular formula is C16H15AsO2. The Hall–Kier alpha value is -1.52. The summed E-state index contributed by atoms with van der Waals surface area (Å²) in [6.07, 6.45) is -0.793. The number of rotatable bonds is 3.